The fourth-order valence-corrected chi connectivity index (χ4v) is 2.58. The Morgan fingerprint density at radius 1 is 1.40 bits per heavy atom. The summed E-state index contributed by atoms with van der Waals surface area (Å²) >= 11 is 1.51. The molecule has 3 rings (SSSR count). The summed E-state index contributed by atoms with van der Waals surface area (Å²) in [6.07, 6.45) is 2.91. The van der Waals surface area contributed by atoms with Gasteiger partial charge in [-0.1, -0.05) is 0 Å². The van der Waals surface area contributed by atoms with E-state index < -0.39 is 0 Å². The molecule has 3 aromatic heterocycles. The number of rotatable bonds is 3. The molecule has 102 valence electrons. The Kier molecular flexibility index (Phi) is 3.07. The number of anilines is 1. The summed E-state index contributed by atoms with van der Waals surface area (Å²) in [7, 11) is 0. The van der Waals surface area contributed by atoms with Crippen LogP contribution in [0.5, 0.6) is 0 Å². The number of amides is 1. The van der Waals surface area contributed by atoms with Gasteiger partial charge < -0.3 is 5.32 Å². The van der Waals surface area contributed by atoms with E-state index >= 15 is 0 Å². The molecule has 0 aliphatic carbocycles. The first-order chi connectivity index (χ1) is 9.65. The number of nitrogens with one attached hydrogen (secondary N) is 1. The maximum absolute atomic E-state index is 12.1. The molecule has 0 aliphatic heterocycles. The van der Waals surface area contributed by atoms with Crippen LogP contribution in [0.4, 0.5) is 5.69 Å². The number of hydrogen-bond acceptors (Lipinski definition) is 5. The number of aryl methyl sites for hydroxylation is 1. The lowest BCUT2D eigenvalue weighted by atomic mass is 10.3. The number of nitrogens with zero attached hydrogens (tertiary/aromatic N) is 4. The van der Waals surface area contributed by atoms with Crippen LogP contribution in [0, 0.1) is 6.92 Å². The topological polar surface area (TPSA) is 81.3 Å². The zero-order valence-corrected chi connectivity index (χ0v) is 11.4. The van der Waals surface area contributed by atoms with E-state index in [9.17, 15) is 9.59 Å². The summed E-state index contributed by atoms with van der Waals surface area (Å²) in [5.74, 6) is -0.287. The lowest BCUT2D eigenvalue weighted by molar-refractivity contribution is -0.117. The molecule has 8 heteroatoms. The van der Waals surface area contributed by atoms with Crippen LogP contribution in [0.2, 0.25) is 0 Å². The molecule has 0 aliphatic rings. The van der Waals surface area contributed by atoms with Crippen LogP contribution in [0.25, 0.3) is 5.52 Å². The number of carbonyl (C=O) groups excluding carboxylic acids is 1. The predicted octanol–water partition coefficient (Wildman–Crippen LogP) is 0.900. The first kappa shape index (κ1) is 12.5. The zero-order valence-electron chi connectivity index (χ0n) is 10.6. The molecule has 0 radical (unpaired) electrons. The third kappa shape index (κ3) is 2.21. The van der Waals surface area contributed by atoms with Gasteiger partial charge in [0.2, 0.25) is 5.91 Å². The maximum atomic E-state index is 12.1. The van der Waals surface area contributed by atoms with Gasteiger partial charge >= 0.3 is 0 Å². The Labute approximate surface area is 117 Å². The van der Waals surface area contributed by atoms with E-state index in [0.717, 1.165) is 15.9 Å². The normalized spacial score (nSPS) is 10.8. The molecule has 1 amide bonds. The fraction of sp³-hybridized carbons (Fsp3) is 0.167. The zero-order chi connectivity index (χ0) is 14.1. The van der Waals surface area contributed by atoms with Crippen molar-refractivity contribution in [2.45, 2.75) is 13.5 Å². The van der Waals surface area contributed by atoms with Crippen molar-refractivity contribution in [2.75, 3.05) is 5.32 Å². The molecule has 0 unspecified atom stereocenters. The first-order valence-corrected chi connectivity index (χ1v) is 6.81. The summed E-state index contributed by atoms with van der Waals surface area (Å²) in [6, 6.07) is 1.58. The highest BCUT2D eigenvalue weighted by atomic mass is 32.1. The second kappa shape index (κ2) is 4.89. The van der Waals surface area contributed by atoms with Crippen molar-refractivity contribution in [2.24, 2.45) is 0 Å². The molecule has 3 heterocycles. The molecule has 1 N–H and O–H groups in total. The summed E-state index contributed by atoms with van der Waals surface area (Å²) in [6.45, 7) is 1.78. The van der Waals surface area contributed by atoms with E-state index in [2.05, 4.69) is 15.5 Å². The van der Waals surface area contributed by atoms with E-state index in [-0.39, 0.29) is 18.0 Å². The lowest BCUT2D eigenvalue weighted by Crippen LogP contribution is -2.30. The number of hydrogen-bond donors (Lipinski definition) is 1. The van der Waals surface area contributed by atoms with Crippen molar-refractivity contribution in [1.82, 2.24) is 19.4 Å². The van der Waals surface area contributed by atoms with Crippen LogP contribution in [-0.4, -0.2) is 25.3 Å². The molecule has 0 spiro atoms. The minimum Gasteiger partial charge on any atom is -0.323 e. The molecule has 0 saturated carbocycles. The fourth-order valence-electron chi connectivity index (χ4n) is 1.80. The van der Waals surface area contributed by atoms with Crippen molar-refractivity contribution < 1.29 is 4.79 Å². The van der Waals surface area contributed by atoms with Gasteiger partial charge in [0.05, 0.1) is 11.9 Å². The minimum absolute atomic E-state index is 0.129. The predicted molar refractivity (Wildman–Crippen MR) is 74.9 cm³/mol. The molecule has 0 saturated heterocycles. The smallest absolute Gasteiger partial charge is 0.293 e. The highest BCUT2D eigenvalue weighted by molar-refractivity contribution is 7.08. The number of carbonyl (C=O) groups is 1. The average molecular weight is 289 g/mol. The monoisotopic (exact) mass is 289 g/mol. The molecule has 0 aromatic carbocycles. The molecular weight excluding hydrogens is 278 g/mol. The van der Waals surface area contributed by atoms with Gasteiger partial charge in [0, 0.05) is 5.38 Å². The van der Waals surface area contributed by atoms with Crippen LogP contribution in [0.15, 0.2) is 34.1 Å². The van der Waals surface area contributed by atoms with Gasteiger partial charge in [-0.25, -0.2) is 9.20 Å². The quantitative estimate of drug-likeness (QED) is 0.776. The van der Waals surface area contributed by atoms with Gasteiger partial charge in [0.15, 0.2) is 0 Å². The maximum Gasteiger partial charge on any atom is 0.293 e. The van der Waals surface area contributed by atoms with E-state index in [0.29, 0.717) is 5.52 Å². The molecule has 0 atom stereocenters. The van der Waals surface area contributed by atoms with E-state index in [1.807, 2.05) is 17.7 Å². The van der Waals surface area contributed by atoms with Crippen molar-refractivity contribution >= 4 is 28.4 Å². The van der Waals surface area contributed by atoms with Crippen molar-refractivity contribution in [3.63, 3.8) is 0 Å². The summed E-state index contributed by atoms with van der Waals surface area (Å²) < 4.78 is 2.49. The highest BCUT2D eigenvalue weighted by Crippen LogP contribution is 2.19. The third-order valence-corrected chi connectivity index (χ3v) is 3.71. The van der Waals surface area contributed by atoms with Gasteiger partial charge in [0.1, 0.15) is 18.4 Å². The summed E-state index contributed by atoms with van der Waals surface area (Å²) in [5, 5.41) is 14.4. The summed E-state index contributed by atoms with van der Waals surface area (Å²) in [5.41, 5.74) is 1.80. The standard InChI is InChI=1S/C12H11N5O2S/c1-8-5-20-6-9(8)15-11(18)4-16-12(19)10-2-3-13-17(10)7-14-16/h2-3,5-7H,4H2,1H3,(H,15,18). The Bertz CT molecular complexity index is 832. The van der Waals surface area contributed by atoms with Gasteiger partial charge in [-0.15, -0.1) is 11.3 Å². The van der Waals surface area contributed by atoms with Crippen LogP contribution in [0.1, 0.15) is 5.56 Å². The third-order valence-electron chi connectivity index (χ3n) is 2.85. The SMILES string of the molecule is Cc1cscc1NC(=O)Cn1ncn2nccc2c1=O. The van der Waals surface area contributed by atoms with Crippen LogP contribution in [-0.2, 0) is 11.3 Å². The van der Waals surface area contributed by atoms with E-state index in [1.54, 1.807) is 6.07 Å². The summed E-state index contributed by atoms with van der Waals surface area (Å²) in [4.78, 5) is 24.0. The number of aromatic nitrogens is 4. The minimum atomic E-state index is -0.345. The Morgan fingerprint density at radius 3 is 3.00 bits per heavy atom. The Balaban J connectivity index is 1.82. The van der Waals surface area contributed by atoms with Gasteiger partial charge in [-0.3, -0.25) is 9.59 Å². The van der Waals surface area contributed by atoms with Crippen molar-refractivity contribution in [1.29, 1.82) is 0 Å². The first-order valence-electron chi connectivity index (χ1n) is 5.87. The highest BCUT2D eigenvalue weighted by Gasteiger charge is 2.10. The molecule has 0 bridgehead atoms. The largest absolute Gasteiger partial charge is 0.323 e. The second-order valence-corrected chi connectivity index (χ2v) is 5.01. The van der Waals surface area contributed by atoms with Crippen LogP contribution >= 0.6 is 11.3 Å². The van der Waals surface area contributed by atoms with Crippen LogP contribution < -0.4 is 10.9 Å². The Hall–Kier alpha value is -2.48. The van der Waals surface area contributed by atoms with Gasteiger partial charge in [-0.05, 0) is 23.9 Å². The molecular formula is C12H11N5O2S. The van der Waals surface area contributed by atoms with Crippen molar-refractivity contribution in [3.8, 4) is 0 Å². The van der Waals surface area contributed by atoms with Crippen molar-refractivity contribution in [3.05, 3.63) is 45.3 Å². The number of thiophene rings is 1. The molecule has 0 fully saturated rings. The Morgan fingerprint density at radius 2 is 2.25 bits per heavy atom. The van der Waals surface area contributed by atoms with E-state index in [4.69, 9.17) is 0 Å². The van der Waals surface area contributed by atoms with Gasteiger partial charge in [0.25, 0.3) is 5.56 Å². The van der Waals surface area contributed by atoms with Crippen LogP contribution in [0.3, 0.4) is 0 Å². The molecule has 20 heavy (non-hydrogen) atoms. The lowest BCUT2D eigenvalue weighted by Gasteiger charge is -2.06. The molecule has 3 aromatic rings. The van der Waals surface area contributed by atoms with Gasteiger partial charge in [-0.2, -0.15) is 10.2 Å². The average Bonchev–Trinajstić information content (AvgIpc) is 3.03. The van der Waals surface area contributed by atoms with E-state index in [1.165, 1.54) is 28.4 Å². The molecule has 7 nitrogen and oxygen atoms in total. The number of fused-ring (bicyclic) bond motifs is 1. The second-order valence-electron chi connectivity index (χ2n) is 4.27.